The summed E-state index contributed by atoms with van der Waals surface area (Å²) in [5.74, 6) is 1.54. The van der Waals surface area contributed by atoms with Crippen LogP contribution in [0.25, 0.3) is 10.2 Å². The minimum absolute atomic E-state index is 0.00338. The van der Waals surface area contributed by atoms with E-state index in [1.165, 1.54) is 11.3 Å². The van der Waals surface area contributed by atoms with Crippen molar-refractivity contribution in [3.8, 4) is 0 Å². The Hall–Kier alpha value is -2.95. The fourth-order valence-electron chi connectivity index (χ4n) is 4.44. The molecule has 1 aliphatic carbocycles. The molecule has 33 heavy (non-hydrogen) atoms. The smallest absolute Gasteiger partial charge is 0.324 e. The maximum absolute atomic E-state index is 12.6. The number of anilines is 4. The first-order chi connectivity index (χ1) is 16.1. The van der Waals surface area contributed by atoms with Gasteiger partial charge in [0.05, 0.1) is 16.3 Å². The Morgan fingerprint density at radius 2 is 1.91 bits per heavy atom. The molecule has 5 rings (SSSR count). The molecular weight excluding hydrogens is 438 g/mol. The second-order valence-corrected chi connectivity index (χ2v) is 9.59. The van der Waals surface area contributed by atoms with Crippen LogP contribution in [-0.2, 0) is 0 Å². The number of pyridine rings is 1. The molecule has 0 spiro atoms. The zero-order chi connectivity index (χ0) is 22.8. The van der Waals surface area contributed by atoms with E-state index in [1.807, 2.05) is 36.4 Å². The number of nitrogens with zero attached hydrogens (tertiary/aromatic N) is 4. The summed E-state index contributed by atoms with van der Waals surface area (Å²) in [4.78, 5) is 25.6. The lowest BCUT2D eigenvalue weighted by atomic mass is 9.93. The molecule has 3 heterocycles. The third-order valence-corrected chi connectivity index (χ3v) is 7.14. The number of aromatic nitrogens is 2. The number of urea groups is 1. The molecule has 1 aliphatic heterocycles. The highest BCUT2D eigenvalue weighted by Crippen LogP contribution is 2.32. The van der Waals surface area contributed by atoms with Gasteiger partial charge < -0.3 is 26.4 Å². The summed E-state index contributed by atoms with van der Waals surface area (Å²) >= 11 is 1.54. The number of rotatable bonds is 7. The molecule has 0 atom stereocenters. The SMILES string of the molecule is NCCN1CCN(c2ccc3nc(Nc4cccc(NC5CCC(O)CC5)n4)sc3c2)C1=O. The topological polar surface area (TPSA) is 120 Å². The maximum atomic E-state index is 12.6. The lowest BCUT2D eigenvalue weighted by Gasteiger charge is -2.26. The van der Waals surface area contributed by atoms with Gasteiger partial charge in [-0.15, -0.1) is 0 Å². The summed E-state index contributed by atoms with van der Waals surface area (Å²) in [5, 5.41) is 17.3. The van der Waals surface area contributed by atoms with Crippen LogP contribution < -0.4 is 21.3 Å². The summed E-state index contributed by atoms with van der Waals surface area (Å²) in [6.07, 6.45) is 3.39. The quantitative estimate of drug-likeness (QED) is 0.421. The minimum Gasteiger partial charge on any atom is -0.393 e. The largest absolute Gasteiger partial charge is 0.393 e. The van der Waals surface area contributed by atoms with Gasteiger partial charge in [-0.25, -0.2) is 14.8 Å². The predicted molar refractivity (Wildman–Crippen MR) is 132 cm³/mol. The van der Waals surface area contributed by atoms with Crippen LogP contribution in [0.4, 0.5) is 27.2 Å². The number of amides is 2. The third-order valence-electron chi connectivity index (χ3n) is 6.21. The Morgan fingerprint density at radius 3 is 2.73 bits per heavy atom. The Morgan fingerprint density at radius 1 is 1.09 bits per heavy atom. The van der Waals surface area contributed by atoms with Gasteiger partial charge in [0.2, 0.25) is 0 Å². The van der Waals surface area contributed by atoms with Crippen molar-refractivity contribution in [1.82, 2.24) is 14.9 Å². The van der Waals surface area contributed by atoms with E-state index in [0.717, 1.165) is 58.4 Å². The molecule has 1 aromatic carbocycles. The second-order valence-electron chi connectivity index (χ2n) is 8.56. The van der Waals surface area contributed by atoms with Crippen molar-refractivity contribution in [2.75, 3.05) is 41.7 Å². The van der Waals surface area contributed by atoms with Gasteiger partial charge in [0.1, 0.15) is 11.6 Å². The number of nitrogens with one attached hydrogen (secondary N) is 2. The first kappa shape index (κ1) is 21.9. The van der Waals surface area contributed by atoms with Crippen molar-refractivity contribution in [2.45, 2.75) is 37.8 Å². The van der Waals surface area contributed by atoms with Crippen molar-refractivity contribution in [1.29, 1.82) is 0 Å². The van der Waals surface area contributed by atoms with Crippen LogP contribution in [0.3, 0.4) is 0 Å². The molecule has 2 aromatic heterocycles. The van der Waals surface area contributed by atoms with Gasteiger partial charge in [0.15, 0.2) is 5.13 Å². The molecule has 0 bridgehead atoms. The van der Waals surface area contributed by atoms with Crippen LogP contribution in [0.2, 0.25) is 0 Å². The molecule has 0 unspecified atom stereocenters. The number of carbonyl (C=O) groups excluding carboxylic acids is 1. The third kappa shape index (κ3) is 4.87. The van der Waals surface area contributed by atoms with Crippen molar-refractivity contribution < 1.29 is 9.90 Å². The molecule has 5 N–H and O–H groups in total. The van der Waals surface area contributed by atoms with Crippen LogP contribution in [-0.4, -0.2) is 64.3 Å². The molecular formula is C23H29N7O2S. The molecule has 0 radical (unpaired) electrons. The van der Waals surface area contributed by atoms with Gasteiger partial charge in [0, 0.05) is 37.9 Å². The van der Waals surface area contributed by atoms with E-state index < -0.39 is 0 Å². The highest BCUT2D eigenvalue weighted by atomic mass is 32.1. The zero-order valence-corrected chi connectivity index (χ0v) is 19.2. The summed E-state index contributed by atoms with van der Waals surface area (Å²) in [5.41, 5.74) is 7.37. The Labute approximate surface area is 196 Å². The molecule has 9 nitrogen and oxygen atoms in total. The average molecular weight is 468 g/mol. The van der Waals surface area contributed by atoms with Crippen molar-refractivity contribution in [2.24, 2.45) is 5.73 Å². The first-order valence-electron chi connectivity index (χ1n) is 11.4. The summed E-state index contributed by atoms with van der Waals surface area (Å²) in [7, 11) is 0. The number of benzene rings is 1. The summed E-state index contributed by atoms with van der Waals surface area (Å²) in [6.45, 7) is 2.41. The van der Waals surface area contributed by atoms with E-state index >= 15 is 0 Å². The summed E-state index contributed by atoms with van der Waals surface area (Å²) in [6, 6.07) is 12.1. The standard InChI is InChI=1S/C23H29N7O2S/c24-10-11-29-12-13-30(23(29)32)16-6-9-18-19(14-16)33-22(26-18)28-21-3-1-2-20(27-21)25-15-4-7-17(31)8-5-15/h1-3,6,9,14-15,17,31H,4-5,7-8,10-13,24H2,(H2,25,26,27,28). The number of thiazole rings is 1. The number of hydrogen-bond acceptors (Lipinski definition) is 8. The maximum Gasteiger partial charge on any atom is 0.324 e. The molecule has 2 aliphatic rings. The highest BCUT2D eigenvalue weighted by molar-refractivity contribution is 7.22. The number of fused-ring (bicyclic) bond motifs is 1. The van der Waals surface area contributed by atoms with Gasteiger partial charge in [-0.3, -0.25) is 4.90 Å². The van der Waals surface area contributed by atoms with Crippen LogP contribution in [0.15, 0.2) is 36.4 Å². The number of carbonyl (C=O) groups is 1. The lowest BCUT2D eigenvalue weighted by Crippen LogP contribution is -2.34. The van der Waals surface area contributed by atoms with Gasteiger partial charge in [-0.05, 0) is 56.0 Å². The van der Waals surface area contributed by atoms with Crippen LogP contribution >= 0.6 is 11.3 Å². The molecule has 1 saturated carbocycles. The van der Waals surface area contributed by atoms with Gasteiger partial charge in [0.25, 0.3) is 0 Å². The first-order valence-corrected chi connectivity index (χ1v) is 12.3. The van der Waals surface area contributed by atoms with Gasteiger partial charge >= 0.3 is 6.03 Å². The Bertz CT molecular complexity index is 1130. The van der Waals surface area contributed by atoms with Gasteiger partial charge in [-0.2, -0.15) is 0 Å². The second kappa shape index (κ2) is 9.50. The average Bonchev–Trinajstić information content (AvgIpc) is 3.38. The zero-order valence-electron chi connectivity index (χ0n) is 18.4. The minimum atomic E-state index is -0.169. The van der Waals surface area contributed by atoms with Crippen molar-refractivity contribution in [3.05, 3.63) is 36.4 Å². The van der Waals surface area contributed by atoms with E-state index in [0.29, 0.717) is 32.2 Å². The van der Waals surface area contributed by atoms with Crippen LogP contribution in [0.1, 0.15) is 25.7 Å². The lowest BCUT2D eigenvalue weighted by molar-refractivity contribution is 0.126. The van der Waals surface area contributed by atoms with Crippen LogP contribution in [0.5, 0.6) is 0 Å². The number of hydrogen-bond donors (Lipinski definition) is 4. The molecule has 1 saturated heterocycles. The van der Waals surface area contributed by atoms with E-state index in [9.17, 15) is 9.90 Å². The number of aliphatic hydroxyl groups excluding tert-OH is 1. The molecule has 3 aromatic rings. The Balaban J connectivity index is 1.28. The summed E-state index contributed by atoms with van der Waals surface area (Å²) < 4.78 is 1.01. The van der Waals surface area contributed by atoms with E-state index in [2.05, 4.69) is 20.6 Å². The predicted octanol–water partition coefficient (Wildman–Crippen LogP) is 3.35. The molecule has 10 heteroatoms. The highest BCUT2D eigenvalue weighted by Gasteiger charge is 2.29. The fourth-order valence-corrected chi connectivity index (χ4v) is 5.35. The molecule has 174 valence electrons. The monoisotopic (exact) mass is 467 g/mol. The Kier molecular flexibility index (Phi) is 6.30. The van der Waals surface area contributed by atoms with E-state index in [4.69, 9.17) is 5.73 Å². The molecule has 2 amide bonds. The molecule has 2 fully saturated rings. The van der Waals surface area contributed by atoms with Crippen molar-refractivity contribution in [3.63, 3.8) is 0 Å². The number of nitrogens with two attached hydrogens (primary N) is 1. The van der Waals surface area contributed by atoms with Gasteiger partial charge in [-0.1, -0.05) is 17.4 Å². The number of aliphatic hydroxyl groups is 1. The normalized spacial score (nSPS) is 21.1. The van der Waals surface area contributed by atoms with E-state index in [1.54, 1.807) is 9.80 Å². The van der Waals surface area contributed by atoms with Crippen molar-refractivity contribution >= 4 is 50.0 Å². The fraction of sp³-hybridized carbons (Fsp3) is 0.435. The van der Waals surface area contributed by atoms with E-state index in [-0.39, 0.29) is 12.1 Å². The van der Waals surface area contributed by atoms with Crippen LogP contribution in [0, 0.1) is 0 Å².